The lowest BCUT2D eigenvalue weighted by Crippen LogP contribution is -2.35. The Morgan fingerprint density at radius 1 is 0.688 bits per heavy atom. The molecule has 168 valence electrons. The second kappa shape index (κ2) is 12.4. The Hall–Kier alpha value is -2.62. The maximum atomic E-state index is 11.6. The zero-order chi connectivity index (χ0) is 23.7. The maximum absolute atomic E-state index is 11.6. The Morgan fingerprint density at radius 3 is 1.34 bits per heavy atom. The van der Waals surface area contributed by atoms with E-state index in [1.807, 2.05) is 45.2 Å². The highest BCUT2D eigenvalue weighted by molar-refractivity contribution is 14.1. The van der Waals surface area contributed by atoms with Crippen molar-refractivity contribution in [1.29, 1.82) is 0 Å². The zero-order valence-electron chi connectivity index (χ0n) is 16.5. The molecule has 0 aliphatic carbocycles. The van der Waals surface area contributed by atoms with Crippen LogP contribution in [0.2, 0.25) is 0 Å². The monoisotopic (exact) mass is 664 g/mol. The summed E-state index contributed by atoms with van der Waals surface area (Å²) in [6.07, 6.45) is 4.68. The average molecular weight is 664 g/mol. The first-order chi connectivity index (χ1) is 15.3. The first-order valence-electron chi connectivity index (χ1n) is 9.16. The molecule has 2 aliphatic heterocycles. The van der Waals surface area contributed by atoms with Crippen LogP contribution < -0.4 is 20.4 Å². The van der Waals surface area contributed by atoms with Gasteiger partial charge in [-0.3, -0.25) is 28.8 Å². The van der Waals surface area contributed by atoms with Crippen molar-refractivity contribution < 1.29 is 28.8 Å². The van der Waals surface area contributed by atoms with Crippen molar-refractivity contribution in [3.05, 3.63) is 48.6 Å². The van der Waals surface area contributed by atoms with Gasteiger partial charge in [0.05, 0.1) is 20.2 Å². The first-order valence-corrected chi connectivity index (χ1v) is 12.2. The maximum Gasteiger partial charge on any atom is 0.258 e. The van der Waals surface area contributed by atoms with E-state index in [1.54, 1.807) is 18.2 Å². The molecular weight excluding hydrogens is 646 g/mol. The van der Waals surface area contributed by atoms with Crippen LogP contribution in [0.3, 0.4) is 0 Å². The lowest BCUT2D eigenvalue weighted by Gasteiger charge is -2.18. The molecular formula is C20H18I2N4O6. The number of nitrogens with zero attached hydrogens (tertiary/aromatic N) is 2. The molecule has 0 aromatic heterocycles. The number of alkyl halides is 2. The van der Waals surface area contributed by atoms with Crippen LogP contribution >= 0.6 is 45.2 Å². The highest BCUT2D eigenvalue weighted by Crippen LogP contribution is 2.26. The Bertz CT molecular complexity index is 896. The highest BCUT2D eigenvalue weighted by Gasteiger charge is 2.28. The van der Waals surface area contributed by atoms with Crippen molar-refractivity contribution in [3.8, 4) is 0 Å². The normalized spacial score (nSPS) is 14.6. The van der Waals surface area contributed by atoms with Gasteiger partial charge in [-0.15, -0.1) is 0 Å². The molecule has 0 spiro atoms. The second-order valence-corrected chi connectivity index (χ2v) is 7.70. The van der Waals surface area contributed by atoms with Gasteiger partial charge in [0.2, 0.25) is 11.8 Å². The summed E-state index contributed by atoms with van der Waals surface area (Å²) in [5.74, 6) is -1.82. The third-order valence-electron chi connectivity index (χ3n) is 3.98. The number of carbonyl (C=O) groups excluding carboxylic acids is 6. The SMILES string of the molecule is O=C(CI)NCCNC(=O)CI.O=C1C=CC(=O)N1c1cccc(N2C(=O)C=CC2=O)c1. The summed E-state index contributed by atoms with van der Waals surface area (Å²) >= 11 is 3.97. The molecule has 6 amide bonds. The molecule has 2 heterocycles. The van der Waals surface area contributed by atoms with Gasteiger partial charge >= 0.3 is 0 Å². The molecule has 12 heteroatoms. The minimum Gasteiger partial charge on any atom is -0.354 e. The van der Waals surface area contributed by atoms with Crippen LogP contribution in [-0.4, -0.2) is 57.4 Å². The number of carbonyl (C=O) groups is 6. The van der Waals surface area contributed by atoms with E-state index in [0.29, 0.717) is 33.3 Å². The predicted molar refractivity (Wildman–Crippen MR) is 134 cm³/mol. The van der Waals surface area contributed by atoms with Gasteiger partial charge in [0, 0.05) is 37.4 Å². The van der Waals surface area contributed by atoms with Crippen molar-refractivity contribution in [2.75, 3.05) is 31.7 Å². The van der Waals surface area contributed by atoms with Crippen molar-refractivity contribution in [2.24, 2.45) is 0 Å². The van der Waals surface area contributed by atoms with Gasteiger partial charge in [-0.1, -0.05) is 51.2 Å². The molecule has 32 heavy (non-hydrogen) atoms. The Kier molecular flexibility index (Phi) is 9.96. The minimum atomic E-state index is -0.454. The van der Waals surface area contributed by atoms with E-state index in [2.05, 4.69) is 10.6 Å². The number of halogens is 2. The van der Waals surface area contributed by atoms with Gasteiger partial charge < -0.3 is 10.6 Å². The number of amides is 6. The molecule has 0 atom stereocenters. The van der Waals surface area contributed by atoms with Crippen LogP contribution in [0, 0.1) is 0 Å². The summed E-state index contributed by atoms with van der Waals surface area (Å²) in [5.41, 5.74) is 0.630. The fourth-order valence-corrected chi connectivity index (χ4v) is 3.12. The topological polar surface area (TPSA) is 133 Å². The lowest BCUT2D eigenvalue weighted by molar-refractivity contribution is -0.121. The van der Waals surface area contributed by atoms with Gasteiger partial charge in [-0.25, -0.2) is 9.80 Å². The molecule has 3 rings (SSSR count). The summed E-state index contributed by atoms with van der Waals surface area (Å²) < 4.78 is 0.913. The molecule has 0 unspecified atom stereocenters. The van der Waals surface area contributed by atoms with Gasteiger partial charge in [0.1, 0.15) is 0 Å². The highest BCUT2D eigenvalue weighted by atomic mass is 127. The Labute approximate surface area is 210 Å². The van der Waals surface area contributed by atoms with Crippen LogP contribution in [0.25, 0.3) is 0 Å². The average Bonchev–Trinajstić information content (AvgIpc) is 3.31. The fraction of sp³-hybridized carbons (Fsp3) is 0.200. The first kappa shape index (κ1) is 25.6. The lowest BCUT2D eigenvalue weighted by atomic mass is 10.2. The molecule has 0 saturated carbocycles. The molecule has 2 aliphatic rings. The van der Waals surface area contributed by atoms with Gasteiger partial charge in [0.15, 0.2) is 0 Å². The molecule has 0 saturated heterocycles. The van der Waals surface area contributed by atoms with Crippen molar-refractivity contribution >= 4 is 92.0 Å². The number of anilines is 2. The minimum absolute atomic E-state index is 0.000627. The molecule has 0 bridgehead atoms. The van der Waals surface area contributed by atoms with Crippen molar-refractivity contribution in [1.82, 2.24) is 10.6 Å². The van der Waals surface area contributed by atoms with Gasteiger partial charge in [-0.05, 0) is 18.2 Å². The van der Waals surface area contributed by atoms with Crippen LogP contribution in [0.4, 0.5) is 11.4 Å². The molecule has 2 N–H and O–H groups in total. The fourth-order valence-electron chi connectivity index (χ4n) is 2.58. The Balaban J connectivity index is 0.000000262. The Morgan fingerprint density at radius 2 is 1.03 bits per heavy atom. The largest absolute Gasteiger partial charge is 0.354 e. The van der Waals surface area contributed by atoms with E-state index in [0.717, 1.165) is 9.80 Å². The predicted octanol–water partition coefficient (Wildman–Crippen LogP) is 0.634. The molecule has 1 aromatic carbocycles. The molecule has 10 nitrogen and oxygen atoms in total. The summed E-state index contributed by atoms with van der Waals surface area (Å²) in [6.45, 7) is 1.01. The van der Waals surface area contributed by atoms with E-state index in [9.17, 15) is 28.8 Å². The zero-order valence-corrected chi connectivity index (χ0v) is 20.9. The van der Waals surface area contributed by atoms with Crippen molar-refractivity contribution in [2.45, 2.75) is 0 Å². The van der Waals surface area contributed by atoms with Gasteiger partial charge in [-0.2, -0.15) is 0 Å². The molecule has 0 radical (unpaired) electrons. The third kappa shape index (κ3) is 6.94. The third-order valence-corrected chi connectivity index (χ3v) is 5.36. The standard InChI is InChI=1S/C14H8N2O4.C6H10I2N2O2/c17-11-4-5-12(18)15(11)9-2-1-3-10(8-9)16-13(19)6-7-14(16)20;7-3-5(11)9-1-2-10-6(12)4-8/h1-8H;1-4H2,(H,9,11)(H,10,12). The summed E-state index contributed by atoms with van der Waals surface area (Å²) in [7, 11) is 0. The van der Waals surface area contributed by atoms with Crippen LogP contribution in [-0.2, 0) is 28.8 Å². The van der Waals surface area contributed by atoms with Crippen LogP contribution in [0.15, 0.2) is 48.6 Å². The summed E-state index contributed by atoms with van der Waals surface area (Å²) in [4.78, 5) is 69.8. The second-order valence-electron chi connectivity index (χ2n) is 6.18. The molecule has 1 aromatic rings. The number of benzene rings is 1. The smallest absolute Gasteiger partial charge is 0.258 e. The van der Waals surface area contributed by atoms with Crippen LogP contribution in [0.1, 0.15) is 0 Å². The van der Waals surface area contributed by atoms with E-state index >= 15 is 0 Å². The summed E-state index contributed by atoms with van der Waals surface area (Å²) in [6, 6.07) is 6.14. The quantitative estimate of drug-likeness (QED) is 0.190. The number of hydrogen-bond acceptors (Lipinski definition) is 6. The number of nitrogens with one attached hydrogen (secondary N) is 2. The number of rotatable bonds is 7. The van der Waals surface area contributed by atoms with E-state index in [-0.39, 0.29) is 11.8 Å². The van der Waals surface area contributed by atoms with Gasteiger partial charge in [0.25, 0.3) is 23.6 Å². The molecule has 0 fully saturated rings. The van der Waals surface area contributed by atoms with Crippen molar-refractivity contribution in [3.63, 3.8) is 0 Å². The summed E-state index contributed by atoms with van der Waals surface area (Å²) in [5, 5.41) is 5.30. The van der Waals surface area contributed by atoms with E-state index in [4.69, 9.17) is 0 Å². The van der Waals surface area contributed by atoms with E-state index in [1.165, 1.54) is 30.4 Å². The number of hydrogen-bond donors (Lipinski definition) is 2. The number of imide groups is 2. The van der Waals surface area contributed by atoms with Crippen LogP contribution in [0.5, 0.6) is 0 Å². The van der Waals surface area contributed by atoms with E-state index < -0.39 is 23.6 Å².